The number of nitrogens with one attached hydrogen (secondary N) is 1. The Morgan fingerprint density at radius 3 is 2.52 bits per heavy atom. The molecule has 3 rings (SSSR count). The number of likely N-dealkylation sites (tertiary alicyclic amines) is 1. The van der Waals surface area contributed by atoms with Gasteiger partial charge in [0.1, 0.15) is 0 Å². The van der Waals surface area contributed by atoms with Crippen LogP contribution in [0, 0.1) is 0 Å². The molecule has 134 valence electrons. The van der Waals surface area contributed by atoms with Gasteiger partial charge in [0.05, 0.1) is 11.1 Å². The number of amides is 3. The first-order valence-electron chi connectivity index (χ1n) is 9.07. The number of carbonyl (C=O) groups is 3. The summed E-state index contributed by atoms with van der Waals surface area (Å²) in [6, 6.07) is 7.28. The molecule has 1 aromatic carbocycles. The van der Waals surface area contributed by atoms with Crippen LogP contribution in [0.25, 0.3) is 0 Å². The van der Waals surface area contributed by atoms with Gasteiger partial charge in [0.15, 0.2) is 0 Å². The molecule has 0 aromatic heterocycles. The highest BCUT2D eigenvalue weighted by Gasteiger charge is 2.34. The van der Waals surface area contributed by atoms with Crippen molar-refractivity contribution in [2.24, 2.45) is 0 Å². The summed E-state index contributed by atoms with van der Waals surface area (Å²) in [6.07, 6.45) is 3.13. The van der Waals surface area contributed by atoms with Crippen LogP contribution in [0.2, 0.25) is 0 Å². The van der Waals surface area contributed by atoms with Crippen molar-refractivity contribution < 1.29 is 14.4 Å². The SMILES string of the molecule is CCN1CCC[C@@H]1CNC(=O)CCCN1C(=O)c2ccccc2C1=O. The minimum Gasteiger partial charge on any atom is -0.355 e. The molecule has 0 radical (unpaired) electrons. The molecule has 0 saturated carbocycles. The van der Waals surface area contributed by atoms with Crippen molar-refractivity contribution in [2.75, 3.05) is 26.2 Å². The molecular formula is C19H25N3O3. The van der Waals surface area contributed by atoms with Gasteiger partial charge in [-0.1, -0.05) is 19.1 Å². The molecule has 1 aromatic rings. The third-order valence-corrected chi connectivity index (χ3v) is 5.10. The Balaban J connectivity index is 1.42. The lowest BCUT2D eigenvalue weighted by Crippen LogP contribution is -2.40. The maximum atomic E-state index is 12.3. The van der Waals surface area contributed by atoms with Crippen LogP contribution >= 0.6 is 0 Å². The van der Waals surface area contributed by atoms with Crippen LogP contribution in [0.15, 0.2) is 24.3 Å². The summed E-state index contributed by atoms with van der Waals surface area (Å²) in [4.78, 5) is 40.2. The van der Waals surface area contributed by atoms with E-state index < -0.39 is 0 Å². The van der Waals surface area contributed by atoms with Gasteiger partial charge >= 0.3 is 0 Å². The summed E-state index contributed by atoms with van der Waals surface area (Å²) in [5, 5.41) is 2.98. The van der Waals surface area contributed by atoms with E-state index in [4.69, 9.17) is 0 Å². The Hall–Kier alpha value is -2.21. The zero-order valence-corrected chi connectivity index (χ0v) is 14.7. The third kappa shape index (κ3) is 3.74. The number of rotatable bonds is 7. The number of carbonyl (C=O) groups excluding carboxylic acids is 3. The number of hydrogen-bond donors (Lipinski definition) is 1. The summed E-state index contributed by atoms with van der Waals surface area (Å²) in [6.45, 7) is 5.23. The minimum atomic E-state index is -0.259. The molecule has 1 saturated heterocycles. The van der Waals surface area contributed by atoms with Crippen molar-refractivity contribution in [3.63, 3.8) is 0 Å². The van der Waals surface area contributed by atoms with Crippen molar-refractivity contribution in [1.29, 1.82) is 0 Å². The summed E-state index contributed by atoms with van der Waals surface area (Å²) in [5.41, 5.74) is 0.913. The summed E-state index contributed by atoms with van der Waals surface area (Å²) in [5.74, 6) is -0.532. The molecule has 1 fully saturated rings. The van der Waals surface area contributed by atoms with Crippen molar-refractivity contribution >= 4 is 17.7 Å². The first-order valence-corrected chi connectivity index (χ1v) is 9.07. The predicted molar refractivity (Wildman–Crippen MR) is 94.3 cm³/mol. The van der Waals surface area contributed by atoms with Crippen LogP contribution in [0.1, 0.15) is 53.3 Å². The summed E-state index contributed by atoms with van der Waals surface area (Å²) < 4.78 is 0. The molecule has 25 heavy (non-hydrogen) atoms. The number of hydrogen-bond acceptors (Lipinski definition) is 4. The number of nitrogens with zero attached hydrogens (tertiary/aromatic N) is 2. The molecule has 6 nitrogen and oxygen atoms in total. The number of fused-ring (bicyclic) bond motifs is 1. The van der Waals surface area contributed by atoms with E-state index in [-0.39, 0.29) is 24.3 Å². The topological polar surface area (TPSA) is 69.7 Å². The Bertz CT molecular complexity index is 639. The highest BCUT2D eigenvalue weighted by atomic mass is 16.2. The quantitative estimate of drug-likeness (QED) is 0.765. The van der Waals surface area contributed by atoms with Gasteiger partial charge < -0.3 is 5.32 Å². The Morgan fingerprint density at radius 1 is 1.20 bits per heavy atom. The molecule has 2 heterocycles. The lowest BCUT2D eigenvalue weighted by Gasteiger charge is -2.23. The van der Waals surface area contributed by atoms with Crippen molar-refractivity contribution in [3.05, 3.63) is 35.4 Å². The van der Waals surface area contributed by atoms with E-state index in [9.17, 15) is 14.4 Å². The van der Waals surface area contributed by atoms with Crippen LogP contribution in [-0.4, -0.2) is 59.7 Å². The second-order valence-corrected chi connectivity index (χ2v) is 6.64. The zero-order chi connectivity index (χ0) is 17.8. The van der Waals surface area contributed by atoms with Crippen molar-refractivity contribution in [2.45, 2.75) is 38.6 Å². The molecule has 0 bridgehead atoms. The maximum Gasteiger partial charge on any atom is 0.261 e. The van der Waals surface area contributed by atoms with Crippen LogP contribution in [0.3, 0.4) is 0 Å². The summed E-state index contributed by atoms with van der Waals surface area (Å²) >= 11 is 0. The largest absolute Gasteiger partial charge is 0.355 e. The molecule has 1 N–H and O–H groups in total. The van der Waals surface area contributed by atoms with Crippen LogP contribution in [-0.2, 0) is 4.79 Å². The van der Waals surface area contributed by atoms with E-state index in [1.54, 1.807) is 24.3 Å². The van der Waals surface area contributed by atoms with Gasteiger partial charge in [-0.25, -0.2) is 0 Å². The van der Waals surface area contributed by atoms with Gasteiger partial charge in [0.2, 0.25) is 5.91 Å². The normalized spacial score (nSPS) is 20.2. The monoisotopic (exact) mass is 343 g/mol. The molecule has 6 heteroatoms. The van der Waals surface area contributed by atoms with Gasteiger partial charge in [0, 0.05) is 25.6 Å². The van der Waals surface area contributed by atoms with Crippen LogP contribution in [0.5, 0.6) is 0 Å². The fourth-order valence-corrected chi connectivity index (χ4v) is 3.70. The average Bonchev–Trinajstić information content (AvgIpc) is 3.18. The Morgan fingerprint density at radius 2 is 1.88 bits per heavy atom. The fourth-order valence-electron chi connectivity index (χ4n) is 3.70. The van der Waals surface area contributed by atoms with E-state index in [1.165, 1.54) is 11.3 Å². The Kier molecular flexibility index (Phi) is 5.48. The average molecular weight is 343 g/mol. The second-order valence-electron chi connectivity index (χ2n) is 6.64. The first-order chi connectivity index (χ1) is 12.1. The Labute approximate surface area is 148 Å². The van der Waals surface area contributed by atoms with Crippen molar-refractivity contribution in [3.8, 4) is 0 Å². The van der Waals surface area contributed by atoms with Gasteiger partial charge in [-0.3, -0.25) is 24.2 Å². The highest BCUT2D eigenvalue weighted by Crippen LogP contribution is 2.22. The maximum absolute atomic E-state index is 12.3. The molecule has 2 aliphatic rings. The molecule has 0 spiro atoms. The van der Waals surface area contributed by atoms with Gasteiger partial charge in [-0.15, -0.1) is 0 Å². The van der Waals surface area contributed by atoms with Crippen molar-refractivity contribution in [1.82, 2.24) is 15.1 Å². The van der Waals surface area contributed by atoms with Gasteiger partial charge in [-0.2, -0.15) is 0 Å². The third-order valence-electron chi connectivity index (χ3n) is 5.10. The second kappa shape index (κ2) is 7.78. The number of imide groups is 1. The number of benzene rings is 1. The van der Waals surface area contributed by atoms with E-state index in [0.29, 0.717) is 36.6 Å². The fraction of sp³-hybridized carbons (Fsp3) is 0.526. The lowest BCUT2D eigenvalue weighted by atomic mass is 10.1. The van der Waals surface area contributed by atoms with Crippen LogP contribution in [0.4, 0.5) is 0 Å². The highest BCUT2D eigenvalue weighted by molar-refractivity contribution is 6.21. The standard InChI is InChI=1S/C19H25N3O3/c1-2-21-11-5-7-14(21)13-20-17(23)10-6-12-22-18(24)15-8-3-4-9-16(15)19(22)25/h3-4,8-9,14H,2,5-7,10-13H2,1H3,(H,20,23)/t14-/m1/s1. The first kappa shape index (κ1) is 17.6. The molecule has 0 unspecified atom stereocenters. The molecule has 1 atom stereocenters. The molecule has 3 amide bonds. The lowest BCUT2D eigenvalue weighted by molar-refractivity contribution is -0.121. The summed E-state index contributed by atoms with van der Waals surface area (Å²) in [7, 11) is 0. The number of likely N-dealkylation sites (N-methyl/N-ethyl adjacent to an activating group) is 1. The predicted octanol–water partition coefficient (Wildman–Crippen LogP) is 1.66. The van der Waals surface area contributed by atoms with E-state index in [0.717, 1.165) is 19.5 Å². The molecular weight excluding hydrogens is 318 g/mol. The van der Waals surface area contributed by atoms with E-state index in [2.05, 4.69) is 17.1 Å². The molecule has 2 aliphatic heterocycles. The minimum absolute atomic E-state index is 0.0143. The van der Waals surface area contributed by atoms with E-state index >= 15 is 0 Å². The molecule has 0 aliphatic carbocycles. The van der Waals surface area contributed by atoms with Gasteiger partial charge in [-0.05, 0) is 44.5 Å². The van der Waals surface area contributed by atoms with Gasteiger partial charge in [0.25, 0.3) is 11.8 Å². The zero-order valence-electron chi connectivity index (χ0n) is 14.7. The van der Waals surface area contributed by atoms with E-state index in [1.807, 2.05) is 0 Å². The smallest absolute Gasteiger partial charge is 0.261 e. The van der Waals surface area contributed by atoms with Crippen LogP contribution < -0.4 is 5.32 Å².